The maximum absolute atomic E-state index is 6.42. The van der Waals surface area contributed by atoms with Gasteiger partial charge in [0.15, 0.2) is 0 Å². The molecule has 1 aromatic heterocycles. The first kappa shape index (κ1) is 21.1. The van der Waals surface area contributed by atoms with Gasteiger partial charge in [-0.2, -0.15) is 0 Å². The number of nitrogens with zero attached hydrogens (tertiary/aromatic N) is 4. The number of nitrogens with two attached hydrogens (primary N) is 1. The maximum Gasteiger partial charge on any atom is 0.134 e. The van der Waals surface area contributed by atoms with Crippen molar-refractivity contribution in [2.75, 3.05) is 46.3 Å². The topological polar surface area (TPSA) is 70.9 Å². The molecule has 0 amide bonds. The molecule has 2 aliphatic heterocycles. The lowest BCUT2D eigenvalue weighted by molar-refractivity contribution is 0.0103. The van der Waals surface area contributed by atoms with Crippen LogP contribution in [0.15, 0.2) is 51.5 Å². The normalized spacial score (nSPS) is 20.4. The summed E-state index contributed by atoms with van der Waals surface area (Å²) in [7, 11) is 1.69. The summed E-state index contributed by atoms with van der Waals surface area (Å²) in [5, 5.41) is 4.48. The Morgan fingerprint density at radius 1 is 1.23 bits per heavy atom. The Morgan fingerprint density at radius 3 is 2.63 bits per heavy atom. The zero-order valence-corrected chi connectivity index (χ0v) is 18.5. The third-order valence-electron chi connectivity index (χ3n) is 6.25. The van der Waals surface area contributed by atoms with Crippen LogP contribution >= 0.6 is 11.6 Å². The van der Waals surface area contributed by atoms with Crippen LogP contribution in [0.3, 0.4) is 0 Å². The van der Waals surface area contributed by atoms with Crippen molar-refractivity contribution in [2.24, 2.45) is 16.1 Å². The second-order valence-corrected chi connectivity index (χ2v) is 8.99. The van der Waals surface area contributed by atoms with E-state index in [0.29, 0.717) is 28.5 Å². The highest BCUT2D eigenvalue weighted by molar-refractivity contribution is 6.70. The van der Waals surface area contributed by atoms with Gasteiger partial charge in [0.2, 0.25) is 0 Å². The third-order valence-corrected chi connectivity index (χ3v) is 6.65. The van der Waals surface area contributed by atoms with Gasteiger partial charge in [0.1, 0.15) is 16.6 Å². The highest BCUT2D eigenvalue weighted by Crippen LogP contribution is 2.40. The van der Waals surface area contributed by atoms with E-state index in [4.69, 9.17) is 21.9 Å². The molecule has 2 fully saturated rings. The van der Waals surface area contributed by atoms with E-state index in [0.717, 1.165) is 37.4 Å². The second-order valence-electron chi connectivity index (χ2n) is 8.64. The van der Waals surface area contributed by atoms with E-state index < -0.39 is 0 Å². The van der Waals surface area contributed by atoms with Gasteiger partial charge in [0, 0.05) is 56.8 Å². The number of hydrogen-bond donors (Lipinski definition) is 1. The van der Waals surface area contributed by atoms with E-state index in [1.807, 2.05) is 13.0 Å². The smallest absolute Gasteiger partial charge is 0.134 e. The molecule has 3 heterocycles. The SMILES string of the molecule is CN=C(Cl)/C(CN1CCC2(C1)CN(CCc1ccccc1)C2)=C(\N)c1cc(C)on1. The fourth-order valence-corrected chi connectivity index (χ4v) is 4.84. The fourth-order valence-electron chi connectivity index (χ4n) is 4.68. The summed E-state index contributed by atoms with van der Waals surface area (Å²) < 4.78 is 5.18. The summed E-state index contributed by atoms with van der Waals surface area (Å²) in [5.41, 5.74) is 10.2. The minimum Gasteiger partial charge on any atom is -0.397 e. The summed E-state index contributed by atoms with van der Waals surface area (Å²) in [4.78, 5) is 9.18. The Hall–Kier alpha value is -2.15. The molecule has 1 spiro atoms. The number of hydrogen-bond acceptors (Lipinski definition) is 6. The summed E-state index contributed by atoms with van der Waals surface area (Å²) >= 11 is 6.42. The van der Waals surface area contributed by atoms with Gasteiger partial charge in [0.05, 0.1) is 5.70 Å². The second kappa shape index (κ2) is 8.92. The van der Waals surface area contributed by atoms with Crippen LogP contribution in [-0.2, 0) is 6.42 Å². The predicted octanol–water partition coefficient (Wildman–Crippen LogP) is 3.17. The van der Waals surface area contributed by atoms with Crippen molar-refractivity contribution in [1.82, 2.24) is 15.0 Å². The van der Waals surface area contributed by atoms with Crippen LogP contribution in [0.25, 0.3) is 5.70 Å². The highest BCUT2D eigenvalue weighted by atomic mass is 35.5. The molecule has 0 aliphatic carbocycles. The van der Waals surface area contributed by atoms with Gasteiger partial charge < -0.3 is 15.2 Å². The number of benzene rings is 1. The largest absolute Gasteiger partial charge is 0.397 e. The fraction of sp³-hybridized carbons (Fsp3) is 0.478. The molecular formula is C23H30ClN5O. The number of likely N-dealkylation sites (tertiary alicyclic amines) is 2. The Balaban J connectivity index is 1.35. The molecule has 6 nitrogen and oxygen atoms in total. The lowest BCUT2D eigenvalue weighted by atomic mass is 9.79. The first-order chi connectivity index (χ1) is 14.5. The minimum absolute atomic E-state index is 0.400. The Kier molecular flexibility index (Phi) is 6.27. The monoisotopic (exact) mass is 427 g/mol. The lowest BCUT2D eigenvalue weighted by Crippen LogP contribution is -2.57. The lowest BCUT2D eigenvalue weighted by Gasteiger charge is -2.48. The van der Waals surface area contributed by atoms with Crippen molar-refractivity contribution >= 4 is 22.5 Å². The van der Waals surface area contributed by atoms with Gasteiger partial charge in [-0.3, -0.25) is 9.89 Å². The van der Waals surface area contributed by atoms with E-state index in [1.165, 1.54) is 25.1 Å². The van der Waals surface area contributed by atoms with Gasteiger partial charge >= 0.3 is 0 Å². The molecule has 2 saturated heterocycles. The standard InChI is InChI=1S/C23H30ClN5O/c1-17-12-20(27-30-17)21(25)19(22(24)26-2)13-28-11-9-23(14-28)15-29(16-23)10-8-18-6-4-3-5-7-18/h3-7,12H,8-11,13-16,25H2,1-2H3/b21-19-,26-22?. The van der Waals surface area contributed by atoms with Gasteiger partial charge in [-0.05, 0) is 31.9 Å². The van der Waals surface area contributed by atoms with Gasteiger partial charge in [-0.1, -0.05) is 47.1 Å². The van der Waals surface area contributed by atoms with Crippen LogP contribution in [0.4, 0.5) is 0 Å². The zero-order valence-electron chi connectivity index (χ0n) is 17.8. The number of rotatable bonds is 7. The quantitative estimate of drug-likeness (QED) is 0.687. The van der Waals surface area contributed by atoms with E-state index in [9.17, 15) is 0 Å². The molecule has 4 rings (SSSR count). The summed E-state index contributed by atoms with van der Waals surface area (Å²) in [6, 6.07) is 12.6. The number of aromatic nitrogens is 1. The first-order valence-electron chi connectivity index (χ1n) is 10.5. The van der Waals surface area contributed by atoms with E-state index in [-0.39, 0.29) is 0 Å². The molecule has 0 bridgehead atoms. The molecule has 160 valence electrons. The summed E-state index contributed by atoms with van der Waals surface area (Å²) in [5.74, 6) is 0.724. The molecule has 0 radical (unpaired) electrons. The Labute approximate surface area is 183 Å². The molecule has 30 heavy (non-hydrogen) atoms. The number of halogens is 1. The highest BCUT2D eigenvalue weighted by Gasteiger charge is 2.47. The minimum atomic E-state index is 0.400. The van der Waals surface area contributed by atoms with Crippen LogP contribution in [0, 0.1) is 12.3 Å². The predicted molar refractivity (Wildman–Crippen MR) is 122 cm³/mol. The van der Waals surface area contributed by atoms with Crippen molar-refractivity contribution < 1.29 is 4.52 Å². The number of aliphatic imine (C=N–C) groups is 1. The van der Waals surface area contributed by atoms with Crippen LogP contribution in [0.1, 0.15) is 23.4 Å². The van der Waals surface area contributed by atoms with Crippen LogP contribution in [0.2, 0.25) is 0 Å². The average Bonchev–Trinajstić information content (AvgIpc) is 3.36. The van der Waals surface area contributed by atoms with Crippen molar-refractivity contribution in [3.05, 3.63) is 59.0 Å². The van der Waals surface area contributed by atoms with Crippen LogP contribution in [-0.4, -0.2) is 66.4 Å². The molecule has 0 saturated carbocycles. The molecule has 1 aromatic carbocycles. The van der Waals surface area contributed by atoms with Crippen LogP contribution in [0.5, 0.6) is 0 Å². The van der Waals surface area contributed by atoms with E-state index in [1.54, 1.807) is 7.05 Å². The van der Waals surface area contributed by atoms with E-state index in [2.05, 4.69) is 50.3 Å². The Morgan fingerprint density at radius 2 is 1.97 bits per heavy atom. The molecule has 7 heteroatoms. The molecule has 2 aromatic rings. The molecule has 0 unspecified atom stereocenters. The van der Waals surface area contributed by atoms with Crippen molar-refractivity contribution in [3.63, 3.8) is 0 Å². The van der Waals surface area contributed by atoms with Crippen molar-refractivity contribution in [2.45, 2.75) is 19.8 Å². The average molecular weight is 428 g/mol. The van der Waals surface area contributed by atoms with Gasteiger partial charge in [0.25, 0.3) is 0 Å². The van der Waals surface area contributed by atoms with Crippen molar-refractivity contribution in [3.8, 4) is 0 Å². The first-order valence-corrected chi connectivity index (χ1v) is 10.9. The third kappa shape index (κ3) is 4.61. The summed E-state index contributed by atoms with van der Waals surface area (Å²) in [6.45, 7) is 8.12. The van der Waals surface area contributed by atoms with E-state index >= 15 is 0 Å². The number of aryl methyl sites for hydroxylation is 1. The molecule has 2 N–H and O–H groups in total. The van der Waals surface area contributed by atoms with Gasteiger partial charge in [-0.25, -0.2) is 0 Å². The zero-order chi connectivity index (χ0) is 21.1. The summed E-state index contributed by atoms with van der Waals surface area (Å²) in [6.07, 6.45) is 2.33. The Bertz CT molecular complexity index is 930. The van der Waals surface area contributed by atoms with Crippen LogP contribution < -0.4 is 5.73 Å². The van der Waals surface area contributed by atoms with Gasteiger partial charge in [-0.15, -0.1) is 0 Å². The molecular weight excluding hydrogens is 398 g/mol. The molecule has 2 aliphatic rings. The molecule has 0 atom stereocenters. The van der Waals surface area contributed by atoms with Crippen molar-refractivity contribution in [1.29, 1.82) is 0 Å². The maximum atomic E-state index is 6.42.